The number of hydrogen-bond acceptors (Lipinski definition) is 6. The molecule has 0 saturated carbocycles. The lowest BCUT2D eigenvalue weighted by Gasteiger charge is -2.23. The van der Waals surface area contributed by atoms with Gasteiger partial charge in [0.05, 0.1) is 4.92 Å². The van der Waals surface area contributed by atoms with Crippen molar-refractivity contribution in [1.82, 2.24) is 0 Å². The number of ether oxygens (including phenoxy) is 2. The average Bonchev–Trinajstić information content (AvgIpc) is 2.96. The van der Waals surface area contributed by atoms with Gasteiger partial charge in [-0.15, -0.1) is 0 Å². The molecule has 4 rings (SSSR count). The van der Waals surface area contributed by atoms with Gasteiger partial charge in [-0.1, -0.05) is 42.0 Å². The molecule has 0 saturated heterocycles. The Morgan fingerprint density at radius 3 is 2.69 bits per heavy atom. The Kier molecular flexibility index (Phi) is 7.20. The van der Waals surface area contributed by atoms with Crippen molar-refractivity contribution in [3.63, 3.8) is 0 Å². The van der Waals surface area contributed by atoms with Crippen molar-refractivity contribution in [2.45, 2.75) is 58.8 Å². The van der Waals surface area contributed by atoms with Crippen molar-refractivity contribution in [3.05, 3.63) is 98.2 Å². The molecule has 0 fully saturated rings. The van der Waals surface area contributed by atoms with Crippen LogP contribution in [0.3, 0.4) is 0 Å². The number of nitrogens with zero attached hydrogens (tertiary/aromatic N) is 1. The van der Waals surface area contributed by atoms with E-state index >= 15 is 0 Å². The minimum atomic E-state index is -0.809. The van der Waals surface area contributed by atoms with E-state index in [1.165, 1.54) is 17.7 Å². The summed E-state index contributed by atoms with van der Waals surface area (Å²) in [6, 6.07) is 7.82. The highest BCUT2D eigenvalue weighted by Gasteiger charge is 2.29. The highest BCUT2D eigenvalue weighted by Crippen LogP contribution is 2.42. The van der Waals surface area contributed by atoms with Crippen LogP contribution >= 0.6 is 0 Å². The lowest BCUT2D eigenvalue weighted by atomic mass is 9.85. The number of fused-ring (bicyclic) bond motifs is 2. The van der Waals surface area contributed by atoms with Crippen LogP contribution in [-0.4, -0.2) is 16.9 Å². The number of nitro groups is 1. The fourth-order valence-corrected chi connectivity index (χ4v) is 4.80. The molecule has 7 heteroatoms. The fourth-order valence-electron chi connectivity index (χ4n) is 4.80. The number of carbonyl (C=O) groups is 2. The van der Waals surface area contributed by atoms with Crippen molar-refractivity contribution in [1.29, 1.82) is 0 Å². The molecule has 2 bridgehead atoms. The maximum absolute atomic E-state index is 13.1. The van der Waals surface area contributed by atoms with Crippen molar-refractivity contribution >= 4 is 17.6 Å². The predicted molar refractivity (Wildman–Crippen MR) is 136 cm³/mol. The number of aryl methyl sites for hydroxylation is 1. The minimum Gasteiger partial charge on any atom is -0.423 e. The van der Waals surface area contributed by atoms with Gasteiger partial charge in [0.2, 0.25) is 0 Å². The van der Waals surface area contributed by atoms with Crippen LogP contribution in [0.1, 0.15) is 72.5 Å². The quantitative estimate of drug-likeness (QED) is 0.157. The zero-order chi connectivity index (χ0) is 26.0. The van der Waals surface area contributed by atoms with Gasteiger partial charge in [-0.05, 0) is 70.6 Å². The molecule has 2 aliphatic heterocycles. The largest absolute Gasteiger partial charge is 0.423 e. The molecule has 0 spiro atoms. The van der Waals surface area contributed by atoms with E-state index in [1.54, 1.807) is 25.1 Å². The molecule has 2 aromatic rings. The summed E-state index contributed by atoms with van der Waals surface area (Å²) in [6.45, 7) is 9.83. The average molecular weight is 488 g/mol. The summed E-state index contributed by atoms with van der Waals surface area (Å²) in [5.74, 6) is -0.600. The van der Waals surface area contributed by atoms with Gasteiger partial charge in [-0.2, -0.15) is 0 Å². The molecule has 2 heterocycles. The molecule has 1 unspecified atom stereocenters. The normalized spacial score (nSPS) is 19.0. The molecule has 2 aromatic carbocycles. The Labute approximate surface area is 210 Å². The van der Waals surface area contributed by atoms with Gasteiger partial charge in [-0.25, -0.2) is 9.59 Å². The predicted octanol–water partition coefficient (Wildman–Crippen LogP) is 6.69. The smallest absolute Gasteiger partial charge is 0.350 e. The molecule has 36 heavy (non-hydrogen) atoms. The molecule has 0 aromatic heterocycles. The topological polar surface area (TPSA) is 95.7 Å². The summed E-state index contributed by atoms with van der Waals surface area (Å²) in [5.41, 5.74) is 4.24. The standard InChI is InChI=1S/C29H29NO6/c1-17(2)23-14-11-18(3)7-5-9-20-12-13-21-15-22(16-24(23)27(21)36-28(20)31)35-29(32)26-19(4)8-6-10-25(26)30(33)34/h6-8,10,12,15-16,23H,1,5,9,11,13-14H2,2-4H3/b18-7+. The summed E-state index contributed by atoms with van der Waals surface area (Å²) in [7, 11) is 0. The molecule has 2 aliphatic rings. The maximum Gasteiger partial charge on any atom is 0.350 e. The molecular weight excluding hydrogens is 458 g/mol. The van der Waals surface area contributed by atoms with Crippen LogP contribution in [0.2, 0.25) is 0 Å². The third-order valence-electron chi connectivity index (χ3n) is 6.76. The van der Waals surface area contributed by atoms with Crippen LogP contribution in [-0.2, 0) is 11.2 Å². The molecule has 0 aliphatic carbocycles. The van der Waals surface area contributed by atoms with Gasteiger partial charge < -0.3 is 9.47 Å². The Bertz CT molecular complexity index is 1330. The van der Waals surface area contributed by atoms with Gasteiger partial charge in [0.1, 0.15) is 17.1 Å². The SMILES string of the molecule is C=C(C)C1CC/C(C)=C/CCC2=CCc3cc(OC(=O)c4c(C)cccc4[N+](=O)[O-])cc1c3OC2=O. The number of allylic oxidation sites excluding steroid dienone is 4. The van der Waals surface area contributed by atoms with E-state index in [1.807, 2.05) is 13.0 Å². The van der Waals surface area contributed by atoms with Crippen molar-refractivity contribution < 1.29 is 24.0 Å². The summed E-state index contributed by atoms with van der Waals surface area (Å²) in [4.78, 5) is 37.0. The van der Waals surface area contributed by atoms with Crippen molar-refractivity contribution in [3.8, 4) is 11.5 Å². The minimum absolute atomic E-state index is 0.0873. The summed E-state index contributed by atoms with van der Waals surface area (Å²) < 4.78 is 11.6. The Balaban J connectivity index is 1.82. The van der Waals surface area contributed by atoms with Crippen molar-refractivity contribution in [2.24, 2.45) is 0 Å². The zero-order valence-electron chi connectivity index (χ0n) is 20.8. The monoisotopic (exact) mass is 487 g/mol. The first-order chi connectivity index (χ1) is 17.2. The molecule has 0 N–H and O–H groups in total. The summed E-state index contributed by atoms with van der Waals surface area (Å²) in [6.07, 6.45) is 7.40. The number of nitro benzene ring substituents is 1. The van der Waals surface area contributed by atoms with Crippen LogP contribution in [0, 0.1) is 17.0 Å². The highest BCUT2D eigenvalue weighted by atomic mass is 16.6. The number of benzene rings is 2. The molecule has 7 nitrogen and oxygen atoms in total. The van der Waals surface area contributed by atoms with Gasteiger partial charge >= 0.3 is 11.9 Å². The Morgan fingerprint density at radius 2 is 1.97 bits per heavy atom. The van der Waals surface area contributed by atoms with Crippen molar-refractivity contribution in [2.75, 3.05) is 0 Å². The van der Waals surface area contributed by atoms with E-state index in [-0.39, 0.29) is 28.9 Å². The second kappa shape index (κ2) is 10.3. The summed E-state index contributed by atoms with van der Waals surface area (Å²) in [5, 5.41) is 11.5. The van der Waals surface area contributed by atoms with Gasteiger partial charge in [-0.3, -0.25) is 10.1 Å². The summed E-state index contributed by atoms with van der Waals surface area (Å²) >= 11 is 0. The lowest BCUT2D eigenvalue weighted by Crippen LogP contribution is -2.15. The highest BCUT2D eigenvalue weighted by molar-refractivity contribution is 5.97. The molecular formula is C29H29NO6. The molecule has 1 atom stereocenters. The van der Waals surface area contributed by atoms with Crippen LogP contribution < -0.4 is 9.47 Å². The molecule has 186 valence electrons. The number of esters is 2. The lowest BCUT2D eigenvalue weighted by molar-refractivity contribution is -0.385. The van der Waals surface area contributed by atoms with E-state index in [2.05, 4.69) is 19.6 Å². The first-order valence-electron chi connectivity index (χ1n) is 12.0. The molecule has 0 amide bonds. The van der Waals surface area contributed by atoms with E-state index in [0.717, 1.165) is 30.4 Å². The third-order valence-corrected chi connectivity index (χ3v) is 6.76. The first-order valence-corrected chi connectivity index (χ1v) is 12.0. The third kappa shape index (κ3) is 5.15. The second-order valence-electron chi connectivity index (χ2n) is 9.47. The van der Waals surface area contributed by atoms with Crippen LogP contribution in [0.5, 0.6) is 11.5 Å². The maximum atomic E-state index is 13.1. The van der Waals surface area contributed by atoms with E-state index in [0.29, 0.717) is 35.3 Å². The zero-order valence-corrected chi connectivity index (χ0v) is 20.8. The van der Waals surface area contributed by atoms with Crippen LogP contribution in [0.4, 0.5) is 5.69 Å². The number of hydrogen-bond donors (Lipinski definition) is 0. The molecule has 0 radical (unpaired) electrons. The van der Waals surface area contributed by atoms with Gasteiger partial charge in [0.25, 0.3) is 5.69 Å². The van der Waals surface area contributed by atoms with E-state index < -0.39 is 10.9 Å². The van der Waals surface area contributed by atoms with E-state index in [9.17, 15) is 19.7 Å². The van der Waals surface area contributed by atoms with Crippen LogP contribution in [0.25, 0.3) is 0 Å². The Morgan fingerprint density at radius 1 is 1.19 bits per heavy atom. The van der Waals surface area contributed by atoms with E-state index in [4.69, 9.17) is 9.47 Å². The number of carbonyl (C=O) groups excluding carboxylic acids is 2. The van der Waals surface area contributed by atoms with Crippen LogP contribution in [0.15, 0.2) is 65.8 Å². The first kappa shape index (κ1) is 25.1. The fraction of sp³-hybridized carbons (Fsp3) is 0.310. The second-order valence-corrected chi connectivity index (χ2v) is 9.47. The Hall–Kier alpha value is -4.00. The van der Waals surface area contributed by atoms with Gasteiger partial charge in [0, 0.05) is 28.7 Å². The number of rotatable bonds is 4. The van der Waals surface area contributed by atoms with Gasteiger partial charge in [0.15, 0.2) is 0 Å².